The molecule has 0 heterocycles. The molecule has 2 nitrogen and oxygen atoms in total. The Labute approximate surface area is 83.1 Å². The molecule has 0 aliphatic heterocycles. The lowest BCUT2D eigenvalue weighted by Crippen LogP contribution is -2.57. The predicted octanol–water partition coefficient (Wildman–Crippen LogP) is 1.57. The number of rotatable bonds is 2. The van der Waals surface area contributed by atoms with Gasteiger partial charge in [0.05, 0.1) is 27.2 Å². The second-order valence-electron chi connectivity index (χ2n) is 5.50. The number of quaternary nitrogens is 1. The third kappa shape index (κ3) is 2.68. The van der Waals surface area contributed by atoms with Crippen LogP contribution in [0.1, 0.15) is 25.7 Å². The van der Waals surface area contributed by atoms with Crippen LogP contribution in [0.25, 0.3) is 0 Å². The first-order valence-corrected chi connectivity index (χ1v) is 5.40. The Kier molecular flexibility index (Phi) is 3.36. The number of hydrogen-bond donors (Lipinski definition) is 0. The van der Waals surface area contributed by atoms with Crippen LogP contribution < -0.4 is 0 Å². The molecule has 0 unspecified atom stereocenters. The van der Waals surface area contributed by atoms with Crippen molar-refractivity contribution < 1.29 is 4.48 Å². The van der Waals surface area contributed by atoms with Crippen LogP contribution in [0, 0.1) is 0 Å². The maximum atomic E-state index is 2.41. The minimum absolute atomic E-state index is 0.786. The van der Waals surface area contributed by atoms with Gasteiger partial charge in [0, 0.05) is 6.42 Å². The highest BCUT2D eigenvalue weighted by Crippen LogP contribution is 2.27. The summed E-state index contributed by atoms with van der Waals surface area (Å²) in [5, 5.41) is 0. The number of hydrogen-bond acceptors (Lipinski definition) is 1. The molecule has 13 heavy (non-hydrogen) atoms. The third-order valence-electron chi connectivity index (χ3n) is 3.35. The van der Waals surface area contributed by atoms with E-state index in [4.69, 9.17) is 0 Å². The zero-order chi connectivity index (χ0) is 10.1. The van der Waals surface area contributed by atoms with Gasteiger partial charge in [-0.05, 0) is 26.9 Å². The molecule has 2 heteroatoms. The number of likely N-dealkylation sites (N-methyl/N-ethyl adjacent to an activating group) is 2. The molecule has 1 rings (SSSR count). The van der Waals surface area contributed by atoms with Gasteiger partial charge in [-0.2, -0.15) is 0 Å². The molecule has 0 saturated heterocycles. The molecule has 0 bridgehead atoms. The Morgan fingerprint density at radius 2 is 1.54 bits per heavy atom. The van der Waals surface area contributed by atoms with Gasteiger partial charge in [-0.3, -0.25) is 0 Å². The van der Waals surface area contributed by atoms with E-state index in [1.54, 1.807) is 0 Å². The highest BCUT2D eigenvalue weighted by Gasteiger charge is 2.35. The van der Waals surface area contributed by atoms with Crippen molar-refractivity contribution in [2.75, 3.05) is 35.2 Å². The molecule has 0 amide bonds. The normalized spacial score (nSPS) is 30.9. The Morgan fingerprint density at radius 3 is 1.92 bits per heavy atom. The van der Waals surface area contributed by atoms with Crippen LogP contribution in [0.3, 0.4) is 0 Å². The summed E-state index contributed by atoms with van der Waals surface area (Å²) in [7, 11) is 11.4. The predicted molar refractivity (Wildman–Crippen MR) is 57.8 cm³/mol. The standard InChI is InChI=1S/C11H25N2/c1-12(2)10-8-6-7-9-11(10)13(3,4)5/h10-11H,6-9H2,1-5H3/q+1/t10-,11-/m0/s1. The van der Waals surface area contributed by atoms with Crippen molar-refractivity contribution in [3.05, 3.63) is 0 Å². The third-order valence-corrected chi connectivity index (χ3v) is 3.35. The molecule has 1 saturated carbocycles. The minimum Gasteiger partial charge on any atom is -0.327 e. The van der Waals surface area contributed by atoms with Crippen LogP contribution in [-0.2, 0) is 0 Å². The van der Waals surface area contributed by atoms with Crippen molar-refractivity contribution in [2.45, 2.75) is 37.8 Å². The van der Waals surface area contributed by atoms with Gasteiger partial charge in [-0.1, -0.05) is 6.42 Å². The van der Waals surface area contributed by atoms with Crippen molar-refractivity contribution >= 4 is 0 Å². The van der Waals surface area contributed by atoms with Gasteiger partial charge in [-0.15, -0.1) is 0 Å². The van der Waals surface area contributed by atoms with Gasteiger partial charge in [0.25, 0.3) is 0 Å². The summed E-state index contributed by atoms with van der Waals surface area (Å²) in [6, 6.07) is 1.61. The highest BCUT2D eigenvalue weighted by molar-refractivity contribution is 4.81. The summed E-state index contributed by atoms with van der Waals surface area (Å²) >= 11 is 0. The second kappa shape index (κ2) is 3.97. The average Bonchev–Trinajstić information content (AvgIpc) is 2.03. The van der Waals surface area contributed by atoms with E-state index in [1.807, 2.05) is 0 Å². The van der Waals surface area contributed by atoms with Gasteiger partial charge in [0.2, 0.25) is 0 Å². The summed E-state index contributed by atoms with van der Waals surface area (Å²) in [6.45, 7) is 0. The van der Waals surface area contributed by atoms with E-state index in [0.29, 0.717) is 0 Å². The van der Waals surface area contributed by atoms with Crippen LogP contribution in [0.5, 0.6) is 0 Å². The van der Waals surface area contributed by atoms with Crippen molar-refractivity contribution in [2.24, 2.45) is 0 Å². The van der Waals surface area contributed by atoms with Gasteiger partial charge in [0.1, 0.15) is 6.04 Å². The molecule has 0 aromatic heterocycles. The summed E-state index contributed by atoms with van der Waals surface area (Å²) in [4.78, 5) is 2.41. The van der Waals surface area contributed by atoms with Crippen LogP contribution in [0.15, 0.2) is 0 Å². The number of nitrogens with zero attached hydrogens (tertiary/aromatic N) is 2. The molecule has 0 spiro atoms. The Balaban J connectivity index is 2.67. The molecule has 2 atom stereocenters. The van der Waals surface area contributed by atoms with E-state index < -0.39 is 0 Å². The zero-order valence-electron chi connectivity index (χ0n) is 9.88. The molecule has 1 fully saturated rings. The summed E-state index contributed by atoms with van der Waals surface area (Å²) < 4.78 is 1.11. The van der Waals surface area contributed by atoms with Crippen LogP contribution in [-0.4, -0.2) is 56.7 Å². The Hall–Kier alpha value is -0.0800. The van der Waals surface area contributed by atoms with E-state index in [9.17, 15) is 0 Å². The van der Waals surface area contributed by atoms with Gasteiger partial charge in [0.15, 0.2) is 0 Å². The molecule has 1 aliphatic carbocycles. The molecular formula is C11H25N2+. The van der Waals surface area contributed by atoms with Crippen molar-refractivity contribution in [3.8, 4) is 0 Å². The molecule has 0 N–H and O–H groups in total. The Morgan fingerprint density at radius 1 is 1.00 bits per heavy atom. The molecule has 78 valence electrons. The van der Waals surface area contributed by atoms with E-state index in [-0.39, 0.29) is 0 Å². The SMILES string of the molecule is CN(C)[C@H]1CCCC[C@@H]1[N+](C)(C)C. The minimum atomic E-state index is 0.786. The smallest absolute Gasteiger partial charge is 0.104 e. The van der Waals surface area contributed by atoms with Crippen molar-refractivity contribution in [1.82, 2.24) is 4.90 Å². The lowest BCUT2D eigenvalue weighted by molar-refractivity contribution is -0.899. The quantitative estimate of drug-likeness (QED) is 0.590. The van der Waals surface area contributed by atoms with Crippen LogP contribution >= 0.6 is 0 Å². The summed E-state index contributed by atoms with van der Waals surface area (Å²) in [5.41, 5.74) is 0. The van der Waals surface area contributed by atoms with Crippen LogP contribution in [0.2, 0.25) is 0 Å². The summed E-state index contributed by atoms with van der Waals surface area (Å²) in [6.07, 6.45) is 5.61. The lowest BCUT2D eigenvalue weighted by atomic mass is 9.88. The fourth-order valence-corrected chi connectivity index (χ4v) is 2.60. The molecule has 0 aromatic carbocycles. The topological polar surface area (TPSA) is 3.24 Å². The molecule has 0 radical (unpaired) electrons. The molecule has 0 aromatic rings. The molecule has 1 aliphatic rings. The first-order valence-electron chi connectivity index (χ1n) is 5.40. The highest BCUT2D eigenvalue weighted by atomic mass is 15.3. The van der Waals surface area contributed by atoms with Gasteiger partial charge in [-0.25, -0.2) is 0 Å². The van der Waals surface area contributed by atoms with E-state index in [2.05, 4.69) is 40.1 Å². The van der Waals surface area contributed by atoms with Crippen LogP contribution in [0.4, 0.5) is 0 Å². The van der Waals surface area contributed by atoms with Gasteiger partial charge < -0.3 is 9.38 Å². The van der Waals surface area contributed by atoms with E-state index in [0.717, 1.165) is 16.6 Å². The Bertz CT molecular complexity index is 158. The van der Waals surface area contributed by atoms with Gasteiger partial charge >= 0.3 is 0 Å². The lowest BCUT2D eigenvalue weighted by Gasteiger charge is -2.44. The first-order chi connectivity index (χ1) is 5.93. The first kappa shape index (κ1) is 11.0. The maximum absolute atomic E-state index is 2.41. The monoisotopic (exact) mass is 185 g/mol. The largest absolute Gasteiger partial charge is 0.327 e. The molecular weight excluding hydrogens is 160 g/mol. The maximum Gasteiger partial charge on any atom is 0.104 e. The second-order valence-corrected chi connectivity index (χ2v) is 5.50. The van der Waals surface area contributed by atoms with E-state index >= 15 is 0 Å². The summed E-state index contributed by atoms with van der Waals surface area (Å²) in [5.74, 6) is 0. The fraction of sp³-hybridized carbons (Fsp3) is 1.00. The fourth-order valence-electron chi connectivity index (χ4n) is 2.60. The zero-order valence-corrected chi connectivity index (χ0v) is 9.88. The van der Waals surface area contributed by atoms with Crippen molar-refractivity contribution in [3.63, 3.8) is 0 Å². The average molecular weight is 185 g/mol. The van der Waals surface area contributed by atoms with Crippen molar-refractivity contribution in [1.29, 1.82) is 0 Å². The van der Waals surface area contributed by atoms with E-state index in [1.165, 1.54) is 25.7 Å².